The van der Waals surface area contributed by atoms with Gasteiger partial charge in [-0.25, -0.2) is 4.79 Å². The van der Waals surface area contributed by atoms with Gasteiger partial charge in [-0.3, -0.25) is 4.79 Å². The van der Waals surface area contributed by atoms with Gasteiger partial charge in [-0.15, -0.1) is 0 Å². The molecule has 1 saturated heterocycles. The summed E-state index contributed by atoms with van der Waals surface area (Å²) in [6.45, 7) is 9.01. The van der Waals surface area contributed by atoms with E-state index in [-0.39, 0.29) is 29.8 Å². The van der Waals surface area contributed by atoms with Gasteiger partial charge in [0.25, 0.3) is 0 Å². The lowest BCUT2D eigenvalue weighted by Crippen LogP contribution is -2.37. The summed E-state index contributed by atoms with van der Waals surface area (Å²) in [7, 11) is 0. The van der Waals surface area contributed by atoms with Crippen LogP contribution in [0.15, 0.2) is 0 Å². The maximum Gasteiger partial charge on any atom is 0.410 e. The summed E-state index contributed by atoms with van der Waals surface area (Å²) in [4.78, 5) is 25.1. The number of likely N-dealkylation sites (tertiary alicyclic amines) is 1. The van der Waals surface area contributed by atoms with Crippen LogP contribution < -0.4 is 0 Å². The number of esters is 1. The van der Waals surface area contributed by atoms with Crippen molar-refractivity contribution in [2.24, 2.45) is 17.8 Å². The smallest absolute Gasteiger partial charge is 0.410 e. The van der Waals surface area contributed by atoms with Crippen molar-refractivity contribution in [1.82, 2.24) is 4.90 Å². The summed E-state index contributed by atoms with van der Waals surface area (Å²) in [5.74, 6) is 0.438. The lowest BCUT2D eigenvalue weighted by molar-refractivity contribution is -0.145. The minimum Gasteiger partial charge on any atom is -0.466 e. The van der Waals surface area contributed by atoms with E-state index in [2.05, 4.69) is 0 Å². The van der Waals surface area contributed by atoms with Crippen molar-refractivity contribution in [2.45, 2.75) is 33.3 Å². The molecule has 0 spiro atoms. The highest BCUT2D eigenvalue weighted by atomic mass is 16.6. The summed E-state index contributed by atoms with van der Waals surface area (Å²) in [5.41, 5.74) is -0.468. The van der Waals surface area contributed by atoms with Gasteiger partial charge in [0.05, 0.1) is 12.5 Å². The Morgan fingerprint density at radius 2 is 1.78 bits per heavy atom. The van der Waals surface area contributed by atoms with E-state index in [1.165, 1.54) is 0 Å². The third-order valence-electron chi connectivity index (χ3n) is 3.40. The van der Waals surface area contributed by atoms with E-state index >= 15 is 0 Å². The summed E-state index contributed by atoms with van der Waals surface area (Å²) in [5, 5.41) is 0. The number of amides is 1. The summed E-state index contributed by atoms with van der Waals surface area (Å²) < 4.78 is 10.3. The summed E-state index contributed by atoms with van der Waals surface area (Å²) in [6.07, 6.45) is -0.280. The molecular weight excluding hydrogens is 234 g/mol. The van der Waals surface area contributed by atoms with Gasteiger partial charge >= 0.3 is 12.1 Å². The zero-order valence-corrected chi connectivity index (χ0v) is 11.4. The van der Waals surface area contributed by atoms with Crippen molar-refractivity contribution >= 4 is 12.1 Å². The Labute approximate surface area is 107 Å². The molecule has 0 bridgehead atoms. The Bertz CT molecular complexity index is 348. The number of carbonyl (C=O) groups excluding carboxylic acids is 2. The first-order valence-electron chi connectivity index (χ1n) is 6.48. The molecule has 0 aromatic carbocycles. The molecule has 18 heavy (non-hydrogen) atoms. The predicted molar refractivity (Wildman–Crippen MR) is 64.9 cm³/mol. The monoisotopic (exact) mass is 255 g/mol. The molecule has 0 radical (unpaired) electrons. The fraction of sp³-hybridized carbons (Fsp3) is 0.846. The number of carbonyl (C=O) groups is 2. The second kappa shape index (κ2) is 4.44. The number of ether oxygens (including phenoxy) is 2. The molecular formula is C13H21NO4. The first-order chi connectivity index (χ1) is 8.33. The van der Waals surface area contributed by atoms with E-state index in [1.807, 2.05) is 27.7 Å². The van der Waals surface area contributed by atoms with Crippen LogP contribution in [0.2, 0.25) is 0 Å². The highest BCUT2D eigenvalue weighted by Crippen LogP contribution is 2.52. The molecule has 3 atom stereocenters. The van der Waals surface area contributed by atoms with Gasteiger partial charge in [-0.05, 0) is 39.5 Å². The molecule has 0 aromatic rings. The van der Waals surface area contributed by atoms with Gasteiger partial charge in [-0.1, -0.05) is 0 Å². The predicted octanol–water partition coefficient (Wildman–Crippen LogP) is 1.66. The first-order valence-corrected chi connectivity index (χ1v) is 6.48. The molecule has 1 heterocycles. The average molecular weight is 255 g/mol. The van der Waals surface area contributed by atoms with E-state index in [4.69, 9.17) is 9.47 Å². The first kappa shape index (κ1) is 13.2. The molecule has 5 nitrogen and oxygen atoms in total. The van der Waals surface area contributed by atoms with Crippen LogP contribution in [-0.4, -0.2) is 42.3 Å². The molecule has 2 unspecified atom stereocenters. The van der Waals surface area contributed by atoms with Crippen LogP contribution in [0.25, 0.3) is 0 Å². The largest absolute Gasteiger partial charge is 0.466 e. The quantitative estimate of drug-likeness (QED) is 0.704. The molecule has 1 amide bonds. The van der Waals surface area contributed by atoms with Crippen LogP contribution in [0.3, 0.4) is 0 Å². The van der Waals surface area contributed by atoms with Crippen LogP contribution in [0.5, 0.6) is 0 Å². The third kappa shape index (κ3) is 2.60. The second-order valence-corrected chi connectivity index (χ2v) is 5.99. The fourth-order valence-corrected chi connectivity index (χ4v) is 2.59. The zero-order chi connectivity index (χ0) is 13.5. The summed E-state index contributed by atoms with van der Waals surface area (Å²) >= 11 is 0. The van der Waals surface area contributed by atoms with Gasteiger partial charge in [-0.2, -0.15) is 0 Å². The maximum absolute atomic E-state index is 11.8. The van der Waals surface area contributed by atoms with E-state index in [9.17, 15) is 9.59 Å². The fourth-order valence-electron chi connectivity index (χ4n) is 2.59. The number of piperidine rings is 1. The molecule has 1 aliphatic heterocycles. The number of hydrogen-bond acceptors (Lipinski definition) is 4. The minimum absolute atomic E-state index is 0.00337. The highest BCUT2D eigenvalue weighted by Gasteiger charge is 2.61. The molecule has 102 valence electrons. The Balaban J connectivity index is 1.81. The van der Waals surface area contributed by atoms with Crippen molar-refractivity contribution in [2.75, 3.05) is 19.7 Å². The van der Waals surface area contributed by atoms with Crippen molar-refractivity contribution in [3.8, 4) is 0 Å². The molecule has 0 N–H and O–H groups in total. The van der Waals surface area contributed by atoms with Gasteiger partial charge < -0.3 is 14.4 Å². The highest BCUT2D eigenvalue weighted by molar-refractivity contribution is 5.78. The van der Waals surface area contributed by atoms with E-state index < -0.39 is 5.60 Å². The Hall–Kier alpha value is -1.26. The lowest BCUT2D eigenvalue weighted by atomic mass is 10.2. The Morgan fingerprint density at radius 3 is 2.22 bits per heavy atom. The zero-order valence-electron chi connectivity index (χ0n) is 11.4. The Morgan fingerprint density at radius 1 is 1.22 bits per heavy atom. The normalized spacial score (nSPS) is 29.8. The van der Waals surface area contributed by atoms with Gasteiger partial charge in [0.15, 0.2) is 0 Å². The van der Waals surface area contributed by atoms with E-state index in [0.29, 0.717) is 19.7 Å². The number of fused-ring (bicyclic) bond motifs is 1. The SMILES string of the molecule is CCOC(=O)C1C2CN(C(=O)OC(C)(C)C)C[C@H]21. The van der Waals surface area contributed by atoms with Crippen LogP contribution in [-0.2, 0) is 14.3 Å². The van der Waals surface area contributed by atoms with E-state index in [0.717, 1.165) is 0 Å². The molecule has 2 rings (SSSR count). The van der Waals surface area contributed by atoms with Crippen LogP contribution >= 0.6 is 0 Å². The molecule has 1 aliphatic carbocycles. The van der Waals surface area contributed by atoms with Crippen LogP contribution in [0, 0.1) is 17.8 Å². The average Bonchev–Trinajstić information content (AvgIpc) is 2.72. The van der Waals surface area contributed by atoms with Gasteiger partial charge in [0.1, 0.15) is 5.60 Å². The van der Waals surface area contributed by atoms with Crippen molar-refractivity contribution in [3.63, 3.8) is 0 Å². The van der Waals surface area contributed by atoms with Crippen molar-refractivity contribution in [3.05, 3.63) is 0 Å². The topological polar surface area (TPSA) is 55.8 Å². The second-order valence-electron chi connectivity index (χ2n) is 5.99. The Kier molecular flexibility index (Phi) is 3.25. The standard InChI is InChI=1S/C13H21NO4/c1-5-17-11(15)10-8-6-14(7-9(8)10)12(16)18-13(2,3)4/h8-10H,5-7H2,1-4H3/t8-,9?,10?/m1/s1. The van der Waals surface area contributed by atoms with Gasteiger partial charge in [0.2, 0.25) is 0 Å². The summed E-state index contributed by atoms with van der Waals surface area (Å²) in [6, 6.07) is 0. The van der Waals surface area contributed by atoms with Crippen LogP contribution in [0.1, 0.15) is 27.7 Å². The molecule has 5 heteroatoms. The van der Waals surface area contributed by atoms with E-state index in [1.54, 1.807) is 4.90 Å². The number of hydrogen-bond donors (Lipinski definition) is 0. The number of nitrogens with zero attached hydrogens (tertiary/aromatic N) is 1. The van der Waals surface area contributed by atoms with Crippen LogP contribution in [0.4, 0.5) is 4.79 Å². The minimum atomic E-state index is -0.468. The lowest BCUT2D eigenvalue weighted by Gasteiger charge is -2.25. The third-order valence-corrected chi connectivity index (χ3v) is 3.40. The molecule has 2 fully saturated rings. The molecule has 2 aliphatic rings. The van der Waals surface area contributed by atoms with Gasteiger partial charge in [0, 0.05) is 13.1 Å². The van der Waals surface area contributed by atoms with Crippen molar-refractivity contribution < 1.29 is 19.1 Å². The van der Waals surface area contributed by atoms with Crippen molar-refractivity contribution in [1.29, 1.82) is 0 Å². The number of rotatable bonds is 2. The maximum atomic E-state index is 11.8. The molecule has 1 saturated carbocycles. The molecule has 0 aromatic heterocycles.